The summed E-state index contributed by atoms with van der Waals surface area (Å²) in [4.78, 5) is 23.9. The van der Waals surface area contributed by atoms with Gasteiger partial charge in [0, 0.05) is 19.2 Å². The maximum Gasteiger partial charge on any atom is 0.305 e. The number of fused-ring (bicyclic) bond motifs is 1. The molecule has 0 aromatic carbocycles. The van der Waals surface area contributed by atoms with Gasteiger partial charge in [0.05, 0.1) is 24.3 Å². The zero-order valence-corrected chi connectivity index (χ0v) is 12.7. The lowest BCUT2D eigenvalue weighted by Crippen LogP contribution is -2.55. The van der Waals surface area contributed by atoms with Gasteiger partial charge in [0.25, 0.3) is 5.91 Å². The summed E-state index contributed by atoms with van der Waals surface area (Å²) in [6.45, 7) is 0.851. The molecular weight excluding hydrogens is 286 g/mol. The highest BCUT2D eigenvalue weighted by Gasteiger charge is 2.38. The number of carbonyl (C=O) groups excluding carboxylic acids is 1. The second-order valence-electron chi connectivity index (χ2n) is 6.21. The van der Waals surface area contributed by atoms with Gasteiger partial charge < -0.3 is 15.2 Å². The number of nitrogens with zero attached hydrogens (tertiary/aromatic N) is 2. The number of nitrogens with one attached hydrogen (secondary N) is 1. The second kappa shape index (κ2) is 5.72. The normalized spacial score (nSPS) is 24.0. The molecule has 0 saturated carbocycles. The Morgan fingerprint density at radius 1 is 1.41 bits per heavy atom. The number of hydrogen-bond donors (Lipinski definition) is 2. The van der Waals surface area contributed by atoms with E-state index in [-0.39, 0.29) is 18.9 Å². The molecule has 2 heterocycles. The largest absolute Gasteiger partial charge is 0.481 e. The standard InChI is InChI=1S/C15H21N3O4/c1-18-13(10-4-2-5-11(10)17-18)14(21)16-15(8-12(19)20)6-3-7-22-9-15/h2-9H2,1H3,(H,16,21)(H,19,20). The summed E-state index contributed by atoms with van der Waals surface area (Å²) in [5.74, 6) is -1.18. The number of amides is 1. The van der Waals surface area contributed by atoms with E-state index in [0.29, 0.717) is 18.7 Å². The van der Waals surface area contributed by atoms with Gasteiger partial charge in [-0.3, -0.25) is 14.3 Å². The molecule has 120 valence electrons. The number of aromatic nitrogens is 2. The van der Waals surface area contributed by atoms with Crippen LogP contribution in [-0.2, 0) is 29.4 Å². The van der Waals surface area contributed by atoms with Crippen molar-refractivity contribution in [2.24, 2.45) is 7.05 Å². The lowest BCUT2D eigenvalue weighted by Gasteiger charge is -2.36. The number of carboxylic acids is 1. The molecule has 1 aliphatic heterocycles. The highest BCUT2D eigenvalue weighted by Crippen LogP contribution is 2.27. The Bertz CT molecular complexity index is 602. The van der Waals surface area contributed by atoms with Gasteiger partial charge in [-0.25, -0.2) is 0 Å². The zero-order chi connectivity index (χ0) is 15.7. The molecule has 1 unspecified atom stereocenters. The van der Waals surface area contributed by atoms with Gasteiger partial charge in [-0.15, -0.1) is 0 Å². The molecule has 1 aromatic heterocycles. The molecule has 2 aliphatic rings. The van der Waals surface area contributed by atoms with E-state index in [1.54, 1.807) is 11.7 Å². The predicted octanol–water partition coefficient (Wildman–Crippen LogP) is 0.662. The number of rotatable bonds is 4. The fourth-order valence-corrected chi connectivity index (χ4v) is 3.53. The summed E-state index contributed by atoms with van der Waals surface area (Å²) >= 11 is 0. The van der Waals surface area contributed by atoms with Crippen LogP contribution in [0.4, 0.5) is 0 Å². The van der Waals surface area contributed by atoms with Crippen molar-refractivity contribution in [1.82, 2.24) is 15.1 Å². The number of hydrogen-bond acceptors (Lipinski definition) is 4. The van der Waals surface area contributed by atoms with Crippen LogP contribution in [0.2, 0.25) is 0 Å². The number of carbonyl (C=O) groups is 2. The maximum atomic E-state index is 12.7. The van der Waals surface area contributed by atoms with Crippen LogP contribution in [0.5, 0.6) is 0 Å². The molecule has 2 N–H and O–H groups in total. The molecule has 7 heteroatoms. The van der Waals surface area contributed by atoms with Gasteiger partial charge in [0.1, 0.15) is 5.69 Å². The minimum absolute atomic E-state index is 0.126. The van der Waals surface area contributed by atoms with Crippen molar-refractivity contribution >= 4 is 11.9 Å². The zero-order valence-electron chi connectivity index (χ0n) is 12.7. The third-order valence-electron chi connectivity index (χ3n) is 4.47. The molecule has 1 aliphatic carbocycles. The van der Waals surface area contributed by atoms with E-state index in [9.17, 15) is 9.59 Å². The first-order valence-electron chi connectivity index (χ1n) is 7.67. The van der Waals surface area contributed by atoms with Crippen LogP contribution >= 0.6 is 0 Å². The van der Waals surface area contributed by atoms with Crippen LogP contribution in [0.1, 0.15) is 47.4 Å². The molecule has 1 aromatic rings. The van der Waals surface area contributed by atoms with E-state index in [0.717, 1.165) is 36.9 Å². The van der Waals surface area contributed by atoms with Crippen molar-refractivity contribution in [2.75, 3.05) is 13.2 Å². The fourth-order valence-electron chi connectivity index (χ4n) is 3.53. The smallest absolute Gasteiger partial charge is 0.305 e. The number of carboxylic acid groups (broad SMARTS) is 1. The first-order valence-corrected chi connectivity index (χ1v) is 7.67. The Balaban J connectivity index is 1.84. The van der Waals surface area contributed by atoms with Crippen molar-refractivity contribution in [2.45, 2.75) is 44.1 Å². The summed E-state index contributed by atoms with van der Waals surface area (Å²) < 4.78 is 7.04. The summed E-state index contributed by atoms with van der Waals surface area (Å²) in [6, 6.07) is 0. The first kappa shape index (κ1) is 15.0. The predicted molar refractivity (Wildman–Crippen MR) is 77.7 cm³/mol. The van der Waals surface area contributed by atoms with E-state index in [1.165, 1.54) is 0 Å². The van der Waals surface area contributed by atoms with Crippen LogP contribution in [-0.4, -0.2) is 45.5 Å². The molecule has 1 amide bonds. The summed E-state index contributed by atoms with van der Waals surface area (Å²) in [5.41, 5.74) is 1.72. The molecule has 22 heavy (non-hydrogen) atoms. The Morgan fingerprint density at radius 2 is 2.23 bits per heavy atom. The monoisotopic (exact) mass is 307 g/mol. The molecular formula is C15H21N3O4. The quantitative estimate of drug-likeness (QED) is 0.852. The number of aryl methyl sites for hydroxylation is 2. The SMILES string of the molecule is Cn1nc2c(c1C(=O)NC1(CC(=O)O)CCCOC1)CCC2. The van der Waals surface area contributed by atoms with Crippen molar-refractivity contribution in [3.63, 3.8) is 0 Å². The van der Waals surface area contributed by atoms with E-state index in [4.69, 9.17) is 9.84 Å². The minimum Gasteiger partial charge on any atom is -0.481 e. The van der Waals surface area contributed by atoms with Gasteiger partial charge >= 0.3 is 5.97 Å². The van der Waals surface area contributed by atoms with Crippen molar-refractivity contribution in [3.8, 4) is 0 Å². The molecule has 1 saturated heterocycles. The van der Waals surface area contributed by atoms with Crippen LogP contribution in [0, 0.1) is 0 Å². The van der Waals surface area contributed by atoms with E-state index in [2.05, 4.69) is 10.4 Å². The van der Waals surface area contributed by atoms with Crippen LogP contribution in [0.15, 0.2) is 0 Å². The van der Waals surface area contributed by atoms with Gasteiger partial charge in [-0.05, 0) is 32.1 Å². The molecule has 7 nitrogen and oxygen atoms in total. The molecule has 1 atom stereocenters. The first-order chi connectivity index (χ1) is 10.5. The lowest BCUT2D eigenvalue weighted by atomic mass is 9.88. The summed E-state index contributed by atoms with van der Waals surface area (Å²) in [6.07, 6.45) is 4.01. The van der Waals surface area contributed by atoms with Crippen molar-refractivity contribution < 1.29 is 19.4 Å². The molecule has 0 spiro atoms. The lowest BCUT2D eigenvalue weighted by molar-refractivity contribution is -0.140. The summed E-state index contributed by atoms with van der Waals surface area (Å²) in [5, 5.41) is 16.5. The average molecular weight is 307 g/mol. The Hall–Kier alpha value is -1.89. The fraction of sp³-hybridized carbons (Fsp3) is 0.667. The molecule has 0 radical (unpaired) electrons. The number of aliphatic carboxylic acids is 1. The third-order valence-corrected chi connectivity index (χ3v) is 4.47. The Morgan fingerprint density at radius 3 is 2.91 bits per heavy atom. The van der Waals surface area contributed by atoms with Crippen LogP contribution < -0.4 is 5.32 Å². The topological polar surface area (TPSA) is 93.5 Å². The van der Waals surface area contributed by atoms with Crippen LogP contribution in [0.3, 0.4) is 0 Å². The van der Waals surface area contributed by atoms with E-state index >= 15 is 0 Å². The minimum atomic E-state index is -0.930. The van der Waals surface area contributed by atoms with Gasteiger partial charge in [-0.1, -0.05) is 0 Å². The molecule has 1 fully saturated rings. The van der Waals surface area contributed by atoms with Crippen molar-refractivity contribution in [1.29, 1.82) is 0 Å². The van der Waals surface area contributed by atoms with E-state index < -0.39 is 11.5 Å². The van der Waals surface area contributed by atoms with Gasteiger partial charge in [0.2, 0.25) is 0 Å². The Labute approximate surface area is 128 Å². The maximum absolute atomic E-state index is 12.7. The van der Waals surface area contributed by atoms with E-state index in [1.807, 2.05) is 0 Å². The third kappa shape index (κ3) is 2.72. The van der Waals surface area contributed by atoms with Gasteiger partial charge in [0.15, 0.2) is 0 Å². The number of ether oxygens (including phenoxy) is 1. The van der Waals surface area contributed by atoms with Crippen LogP contribution in [0.25, 0.3) is 0 Å². The van der Waals surface area contributed by atoms with Crippen molar-refractivity contribution in [3.05, 3.63) is 17.0 Å². The highest BCUT2D eigenvalue weighted by atomic mass is 16.5. The Kier molecular flexibility index (Phi) is 3.90. The second-order valence-corrected chi connectivity index (χ2v) is 6.21. The highest BCUT2D eigenvalue weighted by molar-refractivity contribution is 5.95. The molecule has 3 rings (SSSR count). The molecule has 0 bridgehead atoms. The summed E-state index contributed by atoms with van der Waals surface area (Å²) in [7, 11) is 1.76. The van der Waals surface area contributed by atoms with Gasteiger partial charge in [-0.2, -0.15) is 5.10 Å². The average Bonchev–Trinajstić information content (AvgIpc) is 2.97.